The molecule has 0 unspecified atom stereocenters. The highest BCUT2D eigenvalue weighted by molar-refractivity contribution is 6.49. The van der Waals surface area contributed by atoms with Crippen molar-refractivity contribution < 1.29 is 19.1 Å². The number of hydrogen-bond acceptors (Lipinski definition) is 4. The highest BCUT2D eigenvalue weighted by Crippen LogP contribution is 2.44. The summed E-state index contributed by atoms with van der Waals surface area (Å²) in [6, 6.07) is 2.60. The molecule has 0 atom stereocenters. The molecule has 4 nitrogen and oxygen atoms in total. The van der Waals surface area contributed by atoms with Crippen molar-refractivity contribution in [2.75, 3.05) is 0 Å². The molecule has 0 saturated carbocycles. The van der Waals surface area contributed by atoms with Crippen molar-refractivity contribution in [1.29, 1.82) is 0 Å². The van der Waals surface area contributed by atoms with Crippen molar-refractivity contribution in [2.24, 2.45) is 0 Å². The lowest BCUT2D eigenvalue weighted by atomic mass is 10.3. The molecule has 0 bridgehead atoms. The van der Waals surface area contributed by atoms with Gasteiger partial charge in [0.1, 0.15) is 20.1 Å². The molecule has 0 N–H and O–H groups in total. The Morgan fingerprint density at radius 3 is 1.07 bits per heavy atom. The van der Waals surface area contributed by atoms with Crippen molar-refractivity contribution >= 4 is 105 Å². The summed E-state index contributed by atoms with van der Waals surface area (Å²) in [6.07, 6.45) is -0.752. The molecule has 0 radical (unpaired) electrons. The van der Waals surface area contributed by atoms with Gasteiger partial charge >= 0.3 is 11.9 Å². The molecule has 28 heavy (non-hydrogen) atoms. The van der Waals surface area contributed by atoms with Crippen LogP contribution < -0.4 is 9.47 Å². The number of rotatable bonds is 5. The Morgan fingerprint density at radius 2 is 0.821 bits per heavy atom. The van der Waals surface area contributed by atoms with E-state index < -0.39 is 11.9 Å². The summed E-state index contributed by atoms with van der Waals surface area (Å²) in [4.78, 5) is 24.0. The second kappa shape index (κ2) is 10.1. The zero-order valence-corrected chi connectivity index (χ0v) is 19.3. The first kappa shape index (κ1) is 24.0. The van der Waals surface area contributed by atoms with Gasteiger partial charge in [0.2, 0.25) is 0 Å². The molecule has 0 fully saturated rings. The van der Waals surface area contributed by atoms with Gasteiger partial charge in [0.25, 0.3) is 0 Å². The van der Waals surface area contributed by atoms with Gasteiger partial charge in [0.05, 0.1) is 32.9 Å². The topological polar surface area (TPSA) is 52.6 Å². The lowest BCUT2D eigenvalue weighted by molar-refractivity contribution is -0.140. The normalized spacial score (nSPS) is 10.7. The SMILES string of the molecule is O=C(CCC(=O)Oc1c(Cl)c(Cl)cc(Cl)c1Cl)Oc1c(Cl)c(Cl)cc(Cl)c1Cl. The fourth-order valence-corrected chi connectivity index (χ4v) is 3.55. The summed E-state index contributed by atoms with van der Waals surface area (Å²) >= 11 is 47.2. The minimum absolute atomic E-state index is 0.0420. The van der Waals surface area contributed by atoms with E-state index in [-0.39, 0.29) is 64.5 Å². The Morgan fingerprint density at radius 1 is 0.571 bits per heavy atom. The highest BCUT2D eigenvalue weighted by Gasteiger charge is 2.21. The van der Waals surface area contributed by atoms with E-state index >= 15 is 0 Å². The molecule has 2 aromatic rings. The molecule has 0 amide bonds. The van der Waals surface area contributed by atoms with Crippen LogP contribution in [0, 0.1) is 0 Å². The second-order valence-corrected chi connectivity index (χ2v) is 8.18. The average Bonchev–Trinajstić information content (AvgIpc) is 2.63. The third-order valence-electron chi connectivity index (χ3n) is 3.11. The van der Waals surface area contributed by atoms with E-state index in [2.05, 4.69) is 0 Å². The van der Waals surface area contributed by atoms with E-state index in [4.69, 9.17) is 102 Å². The Bertz CT molecular complexity index is 831. The van der Waals surface area contributed by atoms with Crippen LogP contribution in [0.5, 0.6) is 11.5 Å². The third kappa shape index (κ3) is 5.65. The van der Waals surface area contributed by atoms with Gasteiger partial charge in [-0.25, -0.2) is 0 Å². The first-order valence-electron chi connectivity index (χ1n) is 7.10. The number of ether oxygens (including phenoxy) is 2. The monoisotopic (exact) mass is 542 g/mol. The first-order chi connectivity index (χ1) is 13.0. The number of benzene rings is 2. The van der Waals surface area contributed by atoms with E-state index in [0.717, 1.165) is 0 Å². The van der Waals surface area contributed by atoms with Gasteiger partial charge in [0, 0.05) is 0 Å². The number of carbonyl (C=O) groups excluding carboxylic acids is 2. The van der Waals surface area contributed by atoms with Gasteiger partial charge in [-0.1, -0.05) is 92.8 Å². The fourth-order valence-electron chi connectivity index (χ4n) is 1.82. The largest absolute Gasteiger partial charge is 0.423 e. The van der Waals surface area contributed by atoms with Gasteiger partial charge in [0.15, 0.2) is 11.5 Å². The second-order valence-electron chi connectivity index (χ2n) is 5.04. The molecule has 0 spiro atoms. The highest BCUT2D eigenvalue weighted by atomic mass is 35.5. The number of carbonyl (C=O) groups is 2. The Hall–Kier alpha value is -0.300. The maximum absolute atomic E-state index is 12.0. The fraction of sp³-hybridized carbons (Fsp3) is 0.125. The third-order valence-corrected chi connectivity index (χ3v) is 6.19. The molecule has 0 aliphatic heterocycles. The predicted molar refractivity (Wildman–Crippen MR) is 113 cm³/mol. The Labute approximate surface area is 199 Å². The van der Waals surface area contributed by atoms with Crippen molar-refractivity contribution in [2.45, 2.75) is 12.8 Å². The maximum atomic E-state index is 12.0. The van der Waals surface area contributed by atoms with E-state index in [1.165, 1.54) is 12.1 Å². The summed E-state index contributed by atoms with van der Waals surface area (Å²) in [5.41, 5.74) is 0. The first-order valence-corrected chi connectivity index (χ1v) is 10.1. The lowest BCUT2D eigenvalue weighted by Crippen LogP contribution is -2.15. The van der Waals surface area contributed by atoms with Gasteiger partial charge in [-0.15, -0.1) is 0 Å². The van der Waals surface area contributed by atoms with Gasteiger partial charge in [-0.2, -0.15) is 0 Å². The summed E-state index contributed by atoms with van der Waals surface area (Å²) in [6.45, 7) is 0. The van der Waals surface area contributed by atoms with Crippen LogP contribution in [0.2, 0.25) is 40.2 Å². The minimum Gasteiger partial charge on any atom is -0.423 e. The van der Waals surface area contributed by atoms with Crippen molar-refractivity contribution in [3.05, 3.63) is 52.3 Å². The number of halogens is 8. The van der Waals surface area contributed by atoms with Crippen molar-refractivity contribution in [3.63, 3.8) is 0 Å². The molecule has 0 aliphatic rings. The smallest absolute Gasteiger partial charge is 0.311 e. The molecular formula is C16H6Cl8O4. The molecule has 2 aromatic carbocycles. The molecule has 12 heteroatoms. The van der Waals surface area contributed by atoms with Crippen LogP contribution >= 0.6 is 92.8 Å². The van der Waals surface area contributed by atoms with Crippen LogP contribution in [-0.2, 0) is 9.59 Å². The van der Waals surface area contributed by atoms with Crippen molar-refractivity contribution in [1.82, 2.24) is 0 Å². The molecule has 2 rings (SSSR count). The van der Waals surface area contributed by atoms with Crippen LogP contribution in [0.15, 0.2) is 12.1 Å². The van der Waals surface area contributed by atoms with E-state index in [0.29, 0.717) is 0 Å². The number of esters is 2. The number of hydrogen-bond donors (Lipinski definition) is 0. The molecule has 0 aromatic heterocycles. The summed E-state index contributed by atoms with van der Waals surface area (Å²) < 4.78 is 10.1. The Balaban J connectivity index is 2.04. The minimum atomic E-state index is -0.833. The van der Waals surface area contributed by atoms with Gasteiger partial charge < -0.3 is 9.47 Å². The van der Waals surface area contributed by atoms with E-state index in [1.807, 2.05) is 0 Å². The zero-order valence-electron chi connectivity index (χ0n) is 13.2. The summed E-state index contributed by atoms with van der Waals surface area (Å²) in [5.74, 6) is -2.10. The van der Waals surface area contributed by atoms with Gasteiger partial charge in [-0.05, 0) is 12.1 Å². The van der Waals surface area contributed by atoms with Gasteiger partial charge in [-0.3, -0.25) is 9.59 Å². The summed E-state index contributed by atoms with van der Waals surface area (Å²) in [5, 5.41) is -0.224. The molecular weight excluding hydrogens is 540 g/mol. The lowest BCUT2D eigenvalue weighted by Gasteiger charge is -2.12. The molecule has 150 valence electrons. The summed E-state index contributed by atoms with van der Waals surface area (Å²) in [7, 11) is 0. The van der Waals surface area contributed by atoms with E-state index in [1.54, 1.807) is 0 Å². The molecule has 0 saturated heterocycles. The maximum Gasteiger partial charge on any atom is 0.311 e. The molecule has 0 aliphatic carbocycles. The molecule has 0 heterocycles. The Kier molecular flexibility index (Phi) is 8.68. The standard InChI is InChI=1S/C16H6Cl8O4/c17-5-3-6(18)12(22)15(11(5)21)27-9(25)1-2-10(26)28-16-13(23)7(19)4-8(20)14(16)24/h3-4H,1-2H2. The predicted octanol–water partition coefficient (Wildman–Crippen LogP) is 8.21. The van der Waals surface area contributed by atoms with Crippen molar-refractivity contribution in [3.8, 4) is 11.5 Å². The van der Waals surface area contributed by atoms with Crippen LogP contribution in [-0.4, -0.2) is 11.9 Å². The van der Waals surface area contributed by atoms with Crippen LogP contribution in [0.3, 0.4) is 0 Å². The van der Waals surface area contributed by atoms with Crippen LogP contribution in [0.25, 0.3) is 0 Å². The quantitative estimate of drug-likeness (QED) is 0.216. The average molecular weight is 546 g/mol. The van der Waals surface area contributed by atoms with E-state index in [9.17, 15) is 9.59 Å². The zero-order chi connectivity index (χ0) is 21.2. The van der Waals surface area contributed by atoms with Crippen LogP contribution in [0.1, 0.15) is 12.8 Å². The van der Waals surface area contributed by atoms with Crippen LogP contribution in [0.4, 0.5) is 0 Å².